The van der Waals surface area contributed by atoms with Gasteiger partial charge in [-0.25, -0.2) is 4.79 Å². The van der Waals surface area contributed by atoms with Crippen LogP contribution in [0.25, 0.3) is 0 Å². The number of carbonyl (C=O) groups excluding carboxylic acids is 1. The zero-order chi connectivity index (χ0) is 13.8. The summed E-state index contributed by atoms with van der Waals surface area (Å²) in [5, 5.41) is 0. The van der Waals surface area contributed by atoms with E-state index in [1.165, 1.54) is 12.1 Å². The summed E-state index contributed by atoms with van der Waals surface area (Å²) in [5.41, 5.74) is 5.91. The summed E-state index contributed by atoms with van der Waals surface area (Å²) in [6, 6.07) is 3.71. The van der Waals surface area contributed by atoms with Gasteiger partial charge in [-0.2, -0.15) is 0 Å². The summed E-state index contributed by atoms with van der Waals surface area (Å²) in [7, 11) is 0. The molecule has 0 aromatic heterocycles. The Morgan fingerprint density at radius 2 is 1.84 bits per heavy atom. The third-order valence-electron chi connectivity index (χ3n) is 2.01. The van der Waals surface area contributed by atoms with Gasteiger partial charge in [0.25, 0.3) is 0 Å². The maximum absolute atomic E-state index is 11.9. The lowest BCUT2D eigenvalue weighted by Crippen LogP contribution is -2.23. The van der Waals surface area contributed by atoms with Crippen LogP contribution in [0, 0.1) is 0 Å². The maximum atomic E-state index is 11.9. The topological polar surface area (TPSA) is 61.5 Å². The molecule has 0 saturated heterocycles. The van der Waals surface area contributed by atoms with Crippen molar-refractivity contribution in [1.82, 2.24) is 0 Å². The van der Waals surface area contributed by atoms with Gasteiger partial charge in [-0.3, -0.25) is 0 Å². The third kappa shape index (κ3) is 5.80. The normalized spacial score (nSPS) is 12.3. The molecular weight excluding hydrogens is 287 g/mol. The van der Waals surface area contributed by atoms with Gasteiger partial charge in [0.2, 0.25) is 0 Å². The minimum atomic E-state index is -4.75. The summed E-state index contributed by atoms with van der Waals surface area (Å²) in [6.45, 7) is 1.81. The fraction of sp³-hybridized carbons (Fsp3) is 0.364. The summed E-state index contributed by atoms with van der Waals surface area (Å²) >= 11 is 0. The van der Waals surface area contributed by atoms with E-state index in [0.29, 0.717) is 5.56 Å². The number of carbonyl (C=O) groups is 1. The number of hydrogen-bond donors (Lipinski definition) is 1. The van der Waals surface area contributed by atoms with Gasteiger partial charge in [0.05, 0.1) is 6.61 Å². The molecule has 0 fully saturated rings. The minimum absolute atomic E-state index is 0. The molecule has 8 heteroatoms. The molecule has 1 atom stereocenters. The Bertz CT molecular complexity index is 409. The first-order chi connectivity index (χ1) is 8.33. The van der Waals surface area contributed by atoms with E-state index >= 15 is 0 Å². The Hall–Kier alpha value is -1.47. The number of nitrogens with two attached hydrogens (primary N) is 1. The van der Waals surface area contributed by atoms with Crippen molar-refractivity contribution in [1.29, 1.82) is 0 Å². The molecule has 2 N–H and O–H groups in total. The molecule has 1 unspecified atom stereocenters. The van der Waals surface area contributed by atoms with Crippen molar-refractivity contribution in [2.24, 2.45) is 5.73 Å². The molecule has 0 spiro atoms. The molecule has 1 aromatic rings. The molecular formula is C11H13ClF3NO3. The molecule has 4 nitrogen and oxygen atoms in total. The number of halogens is 4. The second-order valence-corrected chi connectivity index (χ2v) is 3.35. The van der Waals surface area contributed by atoms with Crippen molar-refractivity contribution < 1.29 is 27.4 Å². The van der Waals surface area contributed by atoms with Crippen LogP contribution in [0.1, 0.15) is 18.5 Å². The molecule has 0 saturated carbocycles. The molecule has 1 aromatic carbocycles. The fourth-order valence-electron chi connectivity index (χ4n) is 1.24. The van der Waals surface area contributed by atoms with Crippen LogP contribution in [0.2, 0.25) is 0 Å². The van der Waals surface area contributed by atoms with E-state index in [9.17, 15) is 18.0 Å². The molecule has 1 rings (SSSR count). The van der Waals surface area contributed by atoms with E-state index in [1.807, 2.05) is 0 Å². The van der Waals surface area contributed by atoms with Crippen LogP contribution in [-0.4, -0.2) is 18.9 Å². The summed E-state index contributed by atoms with van der Waals surface area (Å²) in [4.78, 5) is 11.3. The first-order valence-corrected chi connectivity index (χ1v) is 5.11. The SMILES string of the molecule is CCOC(=O)C(N)c1ccc(OC(F)(F)F)cc1.Cl. The van der Waals surface area contributed by atoms with Crippen LogP contribution >= 0.6 is 12.4 Å². The highest BCUT2D eigenvalue weighted by molar-refractivity contribution is 5.85. The lowest BCUT2D eigenvalue weighted by atomic mass is 10.1. The average Bonchev–Trinajstić information content (AvgIpc) is 2.27. The Kier molecular flexibility index (Phi) is 6.64. The highest BCUT2D eigenvalue weighted by atomic mass is 35.5. The Labute approximate surface area is 114 Å². The lowest BCUT2D eigenvalue weighted by Gasteiger charge is -2.12. The van der Waals surface area contributed by atoms with Gasteiger partial charge in [-0.1, -0.05) is 12.1 Å². The Balaban J connectivity index is 0.00000324. The molecule has 19 heavy (non-hydrogen) atoms. The molecule has 0 aliphatic carbocycles. The second kappa shape index (κ2) is 7.20. The predicted molar refractivity (Wildman–Crippen MR) is 63.9 cm³/mol. The van der Waals surface area contributed by atoms with Crippen molar-refractivity contribution >= 4 is 18.4 Å². The van der Waals surface area contributed by atoms with E-state index < -0.39 is 18.4 Å². The highest BCUT2D eigenvalue weighted by Crippen LogP contribution is 2.24. The Morgan fingerprint density at radius 3 is 2.26 bits per heavy atom. The standard InChI is InChI=1S/C11H12F3NO3.ClH/c1-2-17-10(16)9(15)7-3-5-8(6-4-7)18-11(12,13)14;/h3-6,9H,2,15H2,1H3;1H. The molecule has 0 radical (unpaired) electrons. The van der Waals surface area contributed by atoms with E-state index in [2.05, 4.69) is 4.74 Å². The van der Waals surface area contributed by atoms with Gasteiger partial charge in [0.1, 0.15) is 11.8 Å². The summed E-state index contributed by atoms with van der Waals surface area (Å²) in [5.74, 6) is -1.01. The first-order valence-electron chi connectivity index (χ1n) is 5.11. The van der Waals surface area contributed by atoms with Crippen LogP contribution in [0.15, 0.2) is 24.3 Å². The summed E-state index contributed by atoms with van der Waals surface area (Å²) in [6.07, 6.45) is -4.75. The second-order valence-electron chi connectivity index (χ2n) is 3.35. The predicted octanol–water partition coefficient (Wildman–Crippen LogP) is 2.57. The minimum Gasteiger partial charge on any atom is -0.465 e. The lowest BCUT2D eigenvalue weighted by molar-refractivity contribution is -0.274. The number of alkyl halides is 3. The van der Waals surface area contributed by atoms with Gasteiger partial charge in [0, 0.05) is 0 Å². The van der Waals surface area contributed by atoms with Crippen LogP contribution < -0.4 is 10.5 Å². The Morgan fingerprint density at radius 1 is 1.32 bits per heavy atom. The number of rotatable bonds is 4. The first kappa shape index (κ1) is 17.5. The quantitative estimate of drug-likeness (QED) is 0.868. The third-order valence-corrected chi connectivity index (χ3v) is 2.01. The van der Waals surface area contributed by atoms with Crippen LogP contribution in [0.4, 0.5) is 13.2 Å². The monoisotopic (exact) mass is 299 g/mol. The molecule has 0 amide bonds. The zero-order valence-corrected chi connectivity index (χ0v) is 10.8. The van der Waals surface area contributed by atoms with E-state index in [-0.39, 0.29) is 24.8 Å². The van der Waals surface area contributed by atoms with Gasteiger partial charge in [0.15, 0.2) is 0 Å². The molecule has 0 aliphatic rings. The van der Waals surface area contributed by atoms with Gasteiger partial charge in [-0.15, -0.1) is 25.6 Å². The van der Waals surface area contributed by atoms with E-state index in [0.717, 1.165) is 12.1 Å². The zero-order valence-electron chi connectivity index (χ0n) is 9.94. The molecule has 108 valence electrons. The van der Waals surface area contributed by atoms with Crippen molar-refractivity contribution in [2.75, 3.05) is 6.61 Å². The van der Waals surface area contributed by atoms with E-state index in [4.69, 9.17) is 10.5 Å². The summed E-state index contributed by atoms with van der Waals surface area (Å²) < 4.78 is 44.1. The van der Waals surface area contributed by atoms with Crippen LogP contribution in [-0.2, 0) is 9.53 Å². The molecule has 0 bridgehead atoms. The van der Waals surface area contributed by atoms with Crippen molar-refractivity contribution in [2.45, 2.75) is 19.3 Å². The number of esters is 1. The van der Waals surface area contributed by atoms with Crippen LogP contribution in [0.3, 0.4) is 0 Å². The largest absolute Gasteiger partial charge is 0.573 e. The smallest absolute Gasteiger partial charge is 0.465 e. The fourth-order valence-corrected chi connectivity index (χ4v) is 1.24. The van der Waals surface area contributed by atoms with Crippen LogP contribution in [0.5, 0.6) is 5.75 Å². The molecule has 0 heterocycles. The van der Waals surface area contributed by atoms with E-state index in [1.54, 1.807) is 6.92 Å². The van der Waals surface area contributed by atoms with Gasteiger partial charge < -0.3 is 15.2 Å². The van der Waals surface area contributed by atoms with Gasteiger partial charge in [-0.05, 0) is 24.6 Å². The number of ether oxygens (including phenoxy) is 2. The highest BCUT2D eigenvalue weighted by Gasteiger charge is 2.31. The average molecular weight is 300 g/mol. The van der Waals surface area contributed by atoms with Crippen molar-refractivity contribution in [3.63, 3.8) is 0 Å². The van der Waals surface area contributed by atoms with Crippen molar-refractivity contribution in [3.05, 3.63) is 29.8 Å². The van der Waals surface area contributed by atoms with Gasteiger partial charge >= 0.3 is 12.3 Å². The number of benzene rings is 1. The number of hydrogen-bond acceptors (Lipinski definition) is 4. The maximum Gasteiger partial charge on any atom is 0.573 e. The van der Waals surface area contributed by atoms with Crippen molar-refractivity contribution in [3.8, 4) is 5.75 Å². The molecule has 0 aliphatic heterocycles.